The molecule has 6 rings (SSSR count). The summed E-state index contributed by atoms with van der Waals surface area (Å²) in [4.78, 5) is 50.5. The van der Waals surface area contributed by atoms with E-state index in [0.29, 0.717) is 26.2 Å². The van der Waals surface area contributed by atoms with E-state index in [9.17, 15) is 14.4 Å². The van der Waals surface area contributed by atoms with E-state index in [1.807, 2.05) is 56.4 Å². The van der Waals surface area contributed by atoms with Crippen LogP contribution < -0.4 is 16.4 Å². The maximum Gasteiger partial charge on any atom is 0.318 e. The van der Waals surface area contributed by atoms with Gasteiger partial charge in [0, 0.05) is 81.3 Å². The molecule has 246 valence electrons. The molecule has 0 bridgehead atoms. The number of para-hydroxylation sites is 1. The molecule has 1 spiro atoms. The molecule has 5 N–H and O–H groups in total. The van der Waals surface area contributed by atoms with E-state index in [1.165, 1.54) is 5.56 Å². The summed E-state index contributed by atoms with van der Waals surface area (Å²) in [6.45, 7) is 5.85. The first-order valence-electron chi connectivity index (χ1n) is 16.9. The Balaban J connectivity index is 1.22. The van der Waals surface area contributed by atoms with Crippen molar-refractivity contribution >= 4 is 28.7 Å². The van der Waals surface area contributed by atoms with Gasteiger partial charge in [-0.05, 0) is 61.4 Å². The summed E-state index contributed by atoms with van der Waals surface area (Å²) in [5, 5.41) is 7.63. The van der Waals surface area contributed by atoms with E-state index in [-0.39, 0.29) is 41.1 Å². The molecule has 0 radical (unpaired) electrons. The fraction of sp³-hybridized carbons (Fsp3) is 0.528. The third kappa shape index (κ3) is 6.00. The third-order valence-electron chi connectivity index (χ3n) is 11.0. The molecule has 10 nitrogen and oxygen atoms in total. The van der Waals surface area contributed by atoms with Gasteiger partial charge in [-0.15, -0.1) is 0 Å². The summed E-state index contributed by atoms with van der Waals surface area (Å²) < 4.78 is 0. The van der Waals surface area contributed by atoms with E-state index in [2.05, 4.69) is 39.9 Å². The molecule has 3 heterocycles. The zero-order valence-corrected chi connectivity index (χ0v) is 27.4. The highest BCUT2D eigenvalue weighted by Crippen LogP contribution is 2.52. The van der Waals surface area contributed by atoms with Crippen LogP contribution in [0.15, 0.2) is 54.7 Å². The number of hydrogen-bond acceptors (Lipinski definition) is 5. The SMILES string of the molecule is C[C@H](c1c[nH]c2ccccc12)C(NC(=O)N(C)C1CCCNC1)C(=O)N1CCC2(CC1)C[C@@H](C(=O)N(C)CCN)c1ccccc12. The lowest BCUT2D eigenvalue weighted by molar-refractivity contribution is -0.136. The van der Waals surface area contributed by atoms with Gasteiger partial charge in [0.15, 0.2) is 0 Å². The number of nitrogens with two attached hydrogens (primary N) is 1. The molecule has 3 aromatic rings. The number of likely N-dealkylation sites (N-methyl/N-ethyl adjacent to an activating group) is 2. The van der Waals surface area contributed by atoms with Gasteiger partial charge in [-0.3, -0.25) is 9.59 Å². The van der Waals surface area contributed by atoms with Crippen molar-refractivity contribution in [2.75, 3.05) is 53.4 Å². The fourth-order valence-electron chi connectivity index (χ4n) is 8.13. The number of aromatic nitrogens is 1. The predicted molar refractivity (Wildman–Crippen MR) is 181 cm³/mol. The lowest BCUT2D eigenvalue weighted by Gasteiger charge is -2.42. The number of nitrogens with zero attached hydrogens (tertiary/aromatic N) is 3. The molecule has 4 atom stereocenters. The molecule has 2 aliphatic heterocycles. The number of fused-ring (bicyclic) bond motifs is 3. The summed E-state index contributed by atoms with van der Waals surface area (Å²) in [6.07, 6.45) is 6.22. The normalized spacial score (nSPS) is 21.9. The number of urea groups is 1. The number of nitrogens with one attached hydrogen (secondary N) is 3. The van der Waals surface area contributed by atoms with E-state index < -0.39 is 6.04 Å². The molecular weight excluding hydrogens is 578 g/mol. The van der Waals surface area contributed by atoms with Gasteiger partial charge in [0.2, 0.25) is 11.8 Å². The van der Waals surface area contributed by atoms with Crippen LogP contribution in [0.1, 0.15) is 67.6 Å². The van der Waals surface area contributed by atoms with Gasteiger partial charge in [-0.1, -0.05) is 49.4 Å². The highest BCUT2D eigenvalue weighted by atomic mass is 16.2. The van der Waals surface area contributed by atoms with Gasteiger partial charge in [0.05, 0.1) is 5.92 Å². The first kappa shape index (κ1) is 32.1. The average molecular weight is 628 g/mol. The molecule has 2 unspecified atom stereocenters. The van der Waals surface area contributed by atoms with Crippen molar-refractivity contribution in [3.05, 3.63) is 71.4 Å². The minimum Gasteiger partial charge on any atom is -0.361 e. The van der Waals surface area contributed by atoms with E-state index in [1.54, 1.807) is 9.80 Å². The zero-order valence-electron chi connectivity index (χ0n) is 27.4. The second-order valence-electron chi connectivity index (χ2n) is 13.6. The lowest BCUT2D eigenvalue weighted by atomic mass is 9.73. The molecule has 2 saturated heterocycles. The summed E-state index contributed by atoms with van der Waals surface area (Å²) in [6, 6.07) is 15.5. The summed E-state index contributed by atoms with van der Waals surface area (Å²) >= 11 is 0. The van der Waals surface area contributed by atoms with Crippen molar-refractivity contribution < 1.29 is 14.4 Å². The highest BCUT2D eigenvalue weighted by molar-refractivity contribution is 5.91. The standard InChI is InChI=1S/C36H49N7O3/c1-24(29-23-39-31-13-7-5-11-27(29)31)32(40-35(46)42(3)25-9-8-17-38-22-25)34(45)43-18-14-36(15-19-43)21-28(33(44)41(2)20-16-37)26-10-4-6-12-30(26)36/h4-7,10-13,23-25,28,32,38-39H,8-9,14-22,37H2,1-3H3,(H,40,46)/t24-,25?,28-,32?/m1/s1. The van der Waals surface area contributed by atoms with E-state index in [0.717, 1.165) is 67.2 Å². The second kappa shape index (κ2) is 13.5. The van der Waals surface area contributed by atoms with Crippen molar-refractivity contribution in [1.29, 1.82) is 0 Å². The van der Waals surface area contributed by atoms with Crippen LogP contribution >= 0.6 is 0 Å². The van der Waals surface area contributed by atoms with Crippen LogP contribution in [-0.2, 0) is 15.0 Å². The number of H-pyrrole nitrogens is 1. The first-order valence-corrected chi connectivity index (χ1v) is 16.9. The van der Waals surface area contributed by atoms with Crippen molar-refractivity contribution in [2.45, 2.75) is 68.4 Å². The van der Waals surface area contributed by atoms with Gasteiger partial charge in [-0.2, -0.15) is 0 Å². The Morgan fingerprint density at radius 1 is 1.09 bits per heavy atom. The smallest absolute Gasteiger partial charge is 0.318 e. The number of carbonyl (C=O) groups is 3. The summed E-state index contributed by atoms with van der Waals surface area (Å²) in [5.74, 6) is -0.402. The number of piperidine rings is 2. The van der Waals surface area contributed by atoms with Crippen LogP contribution in [0.4, 0.5) is 4.79 Å². The minimum absolute atomic E-state index is 0.0577. The van der Waals surface area contributed by atoms with Crippen LogP contribution in [0, 0.1) is 0 Å². The quantitative estimate of drug-likeness (QED) is 0.304. The van der Waals surface area contributed by atoms with Gasteiger partial charge in [0.1, 0.15) is 6.04 Å². The molecule has 4 amide bonds. The number of rotatable bonds is 8. The Hall–Kier alpha value is -3.89. The van der Waals surface area contributed by atoms with Gasteiger partial charge < -0.3 is 36.1 Å². The Bertz CT molecular complexity index is 1560. The zero-order chi connectivity index (χ0) is 32.4. The molecule has 3 aliphatic rings. The van der Waals surface area contributed by atoms with Crippen molar-refractivity contribution in [2.24, 2.45) is 5.73 Å². The first-order chi connectivity index (χ1) is 22.2. The molecule has 10 heteroatoms. The lowest BCUT2D eigenvalue weighted by Crippen LogP contribution is -2.58. The molecule has 2 fully saturated rings. The molecule has 1 aliphatic carbocycles. The summed E-state index contributed by atoms with van der Waals surface area (Å²) in [7, 11) is 3.66. The number of amides is 4. The molecule has 0 saturated carbocycles. The van der Waals surface area contributed by atoms with Crippen LogP contribution in [0.5, 0.6) is 0 Å². The van der Waals surface area contributed by atoms with E-state index >= 15 is 0 Å². The van der Waals surface area contributed by atoms with Crippen LogP contribution in [0.25, 0.3) is 10.9 Å². The molecular formula is C36H49N7O3. The number of likely N-dealkylation sites (tertiary alicyclic amines) is 1. The Labute approximate surface area is 272 Å². The monoisotopic (exact) mass is 627 g/mol. The highest BCUT2D eigenvalue weighted by Gasteiger charge is 2.49. The molecule has 2 aromatic carbocycles. The number of hydrogen-bond donors (Lipinski definition) is 4. The maximum atomic E-state index is 14.5. The average Bonchev–Trinajstić information content (AvgIpc) is 3.66. The van der Waals surface area contributed by atoms with Gasteiger partial charge in [-0.25, -0.2) is 4.79 Å². The van der Waals surface area contributed by atoms with Gasteiger partial charge >= 0.3 is 6.03 Å². The molecule has 1 aromatic heterocycles. The van der Waals surface area contributed by atoms with E-state index in [4.69, 9.17) is 5.73 Å². The Morgan fingerprint density at radius 3 is 2.57 bits per heavy atom. The van der Waals surface area contributed by atoms with Crippen LogP contribution in [-0.4, -0.2) is 103 Å². The number of carbonyl (C=O) groups excluding carboxylic acids is 3. The molecule has 46 heavy (non-hydrogen) atoms. The van der Waals surface area contributed by atoms with Crippen molar-refractivity contribution in [3.63, 3.8) is 0 Å². The largest absolute Gasteiger partial charge is 0.361 e. The second-order valence-corrected chi connectivity index (χ2v) is 13.6. The predicted octanol–water partition coefficient (Wildman–Crippen LogP) is 3.50. The fourth-order valence-corrected chi connectivity index (χ4v) is 8.13. The van der Waals surface area contributed by atoms with Crippen molar-refractivity contribution in [3.8, 4) is 0 Å². The minimum atomic E-state index is -0.727. The summed E-state index contributed by atoms with van der Waals surface area (Å²) in [5.41, 5.74) is 9.97. The number of aromatic amines is 1. The Kier molecular flexibility index (Phi) is 9.38. The maximum absolute atomic E-state index is 14.5. The van der Waals surface area contributed by atoms with Gasteiger partial charge in [0.25, 0.3) is 0 Å². The number of benzene rings is 2. The third-order valence-corrected chi connectivity index (χ3v) is 11.0. The Morgan fingerprint density at radius 2 is 1.83 bits per heavy atom. The van der Waals surface area contributed by atoms with Crippen LogP contribution in [0.2, 0.25) is 0 Å². The van der Waals surface area contributed by atoms with Crippen LogP contribution in [0.3, 0.4) is 0 Å². The van der Waals surface area contributed by atoms with Crippen molar-refractivity contribution in [1.82, 2.24) is 30.3 Å². The topological polar surface area (TPSA) is 127 Å².